The van der Waals surface area contributed by atoms with E-state index < -0.39 is 23.2 Å². The van der Waals surface area contributed by atoms with Crippen LogP contribution >= 0.6 is 0 Å². The zero-order chi connectivity index (χ0) is 15.2. The van der Waals surface area contributed by atoms with Crippen LogP contribution < -0.4 is 10.6 Å². The maximum absolute atomic E-state index is 13.3. The van der Waals surface area contributed by atoms with Crippen LogP contribution in [0.25, 0.3) is 0 Å². The number of para-hydroxylation sites is 1. The van der Waals surface area contributed by atoms with E-state index in [0.29, 0.717) is 12.8 Å². The first-order chi connectivity index (χ1) is 9.41. The minimum Gasteiger partial charge on any atom is -0.388 e. The van der Waals surface area contributed by atoms with E-state index in [9.17, 15) is 19.1 Å². The van der Waals surface area contributed by atoms with Gasteiger partial charge in [0.1, 0.15) is 5.82 Å². The van der Waals surface area contributed by atoms with Gasteiger partial charge in [-0.15, -0.1) is 0 Å². The average Bonchev–Trinajstić information content (AvgIpc) is 2.46. The molecule has 0 aliphatic heterocycles. The van der Waals surface area contributed by atoms with Gasteiger partial charge in [0.15, 0.2) is 0 Å². The minimum atomic E-state index is -1.03. The van der Waals surface area contributed by atoms with Crippen LogP contribution in [0, 0.1) is 5.82 Å². The Morgan fingerprint density at radius 1 is 1.20 bits per heavy atom. The predicted octanol–water partition coefficient (Wildman–Crippen LogP) is 1.43. The fourth-order valence-corrected chi connectivity index (χ4v) is 1.57. The number of carbonyl (C=O) groups is 2. The summed E-state index contributed by atoms with van der Waals surface area (Å²) in [4.78, 5) is 23.2. The Bertz CT molecular complexity index is 487. The van der Waals surface area contributed by atoms with E-state index >= 15 is 0 Å². The van der Waals surface area contributed by atoms with Crippen molar-refractivity contribution in [1.29, 1.82) is 0 Å². The minimum absolute atomic E-state index is 0.0243. The van der Waals surface area contributed by atoms with Crippen molar-refractivity contribution in [1.82, 2.24) is 5.32 Å². The van der Waals surface area contributed by atoms with Gasteiger partial charge in [-0.1, -0.05) is 26.0 Å². The number of hydrogen-bond acceptors (Lipinski definition) is 3. The Balaban J connectivity index is 2.56. The molecular weight excluding hydrogens is 263 g/mol. The number of anilines is 1. The second kappa shape index (κ2) is 7.00. The van der Waals surface area contributed by atoms with Gasteiger partial charge in [0.05, 0.1) is 11.3 Å². The molecule has 0 aromatic heterocycles. The third-order valence-corrected chi connectivity index (χ3v) is 3.22. The third kappa shape index (κ3) is 4.31. The van der Waals surface area contributed by atoms with E-state index in [0.717, 1.165) is 0 Å². The van der Waals surface area contributed by atoms with Gasteiger partial charge in [-0.2, -0.15) is 0 Å². The van der Waals surface area contributed by atoms with Crippen molar-refractivity contribution in [3.63, 3.8) is 0 Å². The van der Waals surface area contributed by atoms with Crippen LogP contribution in [0.4, 0.5) is 10.1 Å². The van der Waals surface area contributed by atoms with Crippen LogP contribution in [0.3, 0.4) is 0 Å². The lowest BCUT2D eigenvalue weighted by molar-refractivity contribution is -0.136. The van der Waals surface area contributed by atoms with Crippen molar-refractivity contribution in [2.45, 2.75) is 32.3 Å². The summed E-state index contributed by atoms with van der Waals surface area (Å²) in [5.41, 5.74) is -1.10. The molecule has 0 aliphatic rings. The highest BCUT2D eigenvalue weighted by molar-refractivity contribution is 6.39. The zero-order valence-corrected chi connectivity index (χ0v) is 11.6. The predicted molar refractivity (Wildman–Crippen MR) is 73.6 cm³/mol. The molecule has 0 bridgehead atoms. The Kier molecular flexibility index (Phi) is 5.64. The van der Waals surface area contributed by atoms with Gasteiger partial charge in [-0.25, -0.2) is 4.39 Å². The number of rotatable bonds is 5. The molecule has 2 amide bonds. The first-order valence-corrected chi connectivity index (χ1v) is 6.48. The number of aliphatic hydroxyl groups is 1. The molecule has 0 aliphatic carbocycles. The zero-order valence-electron chi connectivity index (χ0n) is 11.6. The maximum atomic E-state index is 13.3. The first kappa shape index (κ1) is 16.1. The number of benzene rings is 1. The molecule has 0 saturated carbocycles. The largest absolute Gasteiger partial charge is 0.388 e. The van der Waals surface area contributed by atoms with E-state index in [-0.39, 0.29) is 12.2 Å². The molecule has 1 aromatic carbocycles. The van der Waals surface area contributed by atoms with Crippen LogP contribution in [0.1, 0.15) is 26.7 Å². The summed E-state index contributed by atoms with van der Waals surface area (Å²) in [6.07, 6.45) is 0.914. The topological polar surface area (TPSA) is 78.4 Å². The average molecular weight is 282 g/mol. The monoisotopic (exact) mass is 282 g/mol. The van der Waals surface area contributed by atoms with E-state index in [2.05, 4.69) is 10.6 Å². The van der Waals surface area contributed by atoms with Crippen LogP contribution in [0.5, 0.6) is 0 Å². The van der Waals surface area contributed by atoms with E-state index in [1.807, 2.05) is 0 Å². The van der Waals surface area contributed by atoms with Crippen molar-refractivity contribution in [2.75, 3.05) is 11.9 Å². The van der Waals surface area contributed by atoms with Gasteiger partial charge >= 0.3 is 11.8 Å². The van der Waals surface area contributed by atoms with Gasteiger partial charge in [0, 0.05) is 6.54 Å². The van der Waals surface area contributed by atoms with Gasteiger partial charge in [0.2, 0.25) is 0 Å². The fraction of sp³-hybridized carbons (Fsp3) is 0.429. The molecule has 0 unspecified atom stereocenters. The second-order valence-electron chi connectivity index (χ2n) is 4.55. The van der Waals surface area contributed by atoms with E-state index in [4.69, 9.17) is 0 Å². The van der Waals surface area contributed by atoms with Gasteiger partial charge in [-0.05, 0) is 25.0 Å². The number of amides is 2. The van der Waals surface area contributed by atoms with E-state index in [1.54, 1.807) is 19.9 Å². The van der Waals surface area contributed by atoms with Gasteiger partial charge in [0.25, 0.3) is 0 Å². The molecule has 0 heterocycles. The highest BCUT2D eigenvalue weighted by atomic mass is 19.1. The van der Waals surface area contributed by atoms with Crippen molar-refractivity contribution in [2.24, 2.45) is 0 Å². The van der Waals surface area contributed by atoms with Gasteiger partial charge < -0.3 is 15.7 Å². The quantitative estimate of drug-likeness (QED) is 0.715. The summed E-state index contributed by atoms with van der Waals surface area (Å²) in [6, 6.07) is 5.56. The molecule has 5 nitrogen and oxygen atoms in total. The number of carbonyl (C=O) groups excluding carboxylic acids is 2. The molecular formula is C14H19FN2O3. The van der Waals surface area contributed by atoms with Crippen molar-refractivity contribution < 1.29 is 19.1 Å². The molecule has 1 aromatic rings. The standard InChI is InChI=1S/C14H19FN2O3/c1-3-14(20,4-2)9-16-12(18)13(19)17-11-8-6-5-7-10(11)15/h5-8,20H,3-4,9H2,1-2H3,(H,16,18)(H,17,19). The van der Waals surface area contributed by atoms with Crippen molar-refractivity contribution >= 4 is 17.5 Å². The normalized spacial score (nSPS) is 11.0. The Morgan fingerprint density at radius 2 is 1.80 bits per heavy atom. The summed E-state index contributed by atoms with van der Waals surface area (Å²) >= 11 is 0. The number of nitrogens with one attached hydrogen (secondary N) is 2. The van der Waals surface area contributed by atoms with Crippen molar-refractivity contribution in [3.05, 3.63) is 30.1 Å². The molecule has 6 heteroatoms. The second-order valence-corrected chi connectivity index (χ2v) is 4.55. The molecule has 3 N–H and O–H groups in total. The smallest absolute Gasteiger partial charge is 0.313 e. The highest BCUT2D eigenvalue weighted by Gasteiger charge is 2.24. The van der Waals surface area contributed by atoms with Crippen LogP contribution in [0.15, 0.2) is 24.3 Å². The molecule has 0 spiro atoms. The SMILES string of the molecule is CCC(O)(CC)CNC(=O)C(=O)Nc1ccccc1F. The molecule has 0 radical (unpaired) electrons. The highest BCUT2D eigenvalue weighted by Crippen LogP contribution is 2.13. The molecule has 0 fully saturated rings. The fourth-order valence-electron chi connectivity index (χ4n) is 1.57. The maximum Gasteiger partial charge on any atom is 0.313 e. The summed E-state index contributed by atoms with van der Waals surface area (Å²) in [6.45, 7) is 3.55. The summed E-state index contributed by atoms with van der Waals surface area (Å²) in [5, 5.41) is 14.5. The van der Waals surface area contributed by atoms with E-state index in [1.165, 1.54) is 18.2 Å². The molecule has 110 valence electrons. The van der Waals surface area contributed by atoms with Crippen LogP contribution in [-0.4, -0.2) is 29.1 Å². The third-order valence-electron chi connectivity index (χ3n) is 3.22. The summed E-state index contributed by atoms with van der Waals surface area (Å²) < 4.78 is 13.3. The molecule has 20 heavy (non-hydrogen) atoms. The summed E-state index contributed by atoms with van der Waals surface area (Å²) in [7, 11) is 0. The van der Waals surface area contributed by atoms with Crippen LogP contribution in [0.2, 0.25) is 0 Å². The lowest BCUT2D eigenvalue weighted by atomic mass is 9.98. The van der Waals surface area contributed by atoms with Gasteiger partial charge in [-0.3, -0.25) is 9.59 Å². The molecule has 1 rings (SSSR count). The summed E-state index contributed by atoms with van der Waals surface area (Å²) in [5.74, 6) is -2.49. The number of halogens is 1. The van der Waals surface area contributed by atoms with Crippen LogP contribution in [-0.2, 0) is 9.59 Å². The Morgan fingerprint density at radius 3 is 2.35 bits per heavy atom. The Hall–Kier alpha value is -1.95. The lowest BCUT2D eigenvalue weighted by Crippen LogP contribution is -2.45. The molecule has 0 atom stereocenters. The first-order valence-electron chi connectivity index (χ1n) is 6.48. The molecule has 0 saturated heterocycles. The Labute approximate surface area is 117 Å². The van der Waals surface area contributed by atoms with Crippen molar-refractivity contribution in [3.8, 4) is 0 Å². The number of hydrogen-bond donors (Lipinski definition) is 3. The lowest BCUT2D eigenvalue weighted by Gasteiger charge is -2.25.